The van der Waals surface area contributed by atoms with Crippen molar-refractivity contribution in [1.29, 1.82) is 0 Å². The zero-order chi connectivity index (χ0) is 9.97. The fourth-order valence-electron chi connectivity index (χ4n) is 1.21. The third-order valence-electron chi connectivity index (χ3n) is 1.98. The summed E-state index contributed by atoms with van der Waals surface area (Å²) < 4.78 is 1.57. The van der Waals surface area contributed by atoms with Crippen molar-refractivity contribution in [1.82, 2.24) is 15.0 Å². The Morgan fingerprint density at radius 2 is 1.86 bits per heavy atom. The number of benzene rings is 1. The summed E-state index contributed by atoms with van der Waals surface area (Å²) in [6.45, 7) is 0.594. The van der Waals surface area contributed by atoms with Gasteiger partial charge in [-0.1, -0.05) is 35.5 Å². The molecule has 0 saturated carbocycles. The molecule has 2 aromatic rings. The quantitative estimate of drug-likeness (QED) is 0.720. The van der Waals surface area contributed by atoms with Gasteiger partial charge in [-0.3, -0.25) is 0 Å². The van der Waals surface area contributed by atoms with Crippen LogP contribution in [0.1, 0.15) is 5.56 Å². The molecule has 5 heteroatoms. The molecule has 0 unspecified atom stereocenters. The van der Waals surface area contributed by atoms with Gasteiger partial charge in [-0.2, -0.15) is 0 Å². The second-order valence-electron chi connectivity index (χ2n) is 3.00. The minimum Gasteiger partial charge on any atom is -0.381 e. The molecule has 0 bridgehead atoms. The fourth-order valence-corrected chi connectivity index (χ4v) is 1.21. The third-order valence-corrected chi connectivity index (χ3v) is 1.98. The Hall–Kier alpha value is -2.04. The lowest BCUT2D eigenvalue weighted by Crippen LogP contribution is -2.06. The Kier molecular flexibility index (Phi) is 2.06. The fraction of sp³-hybridized carbons (Fsp3) is 0.111. The van der Waals surface area contributed by atoms with E-state index in [0.29, 0.717) is 12.4 Å². The van der Waals surface area contributed by atoms with E-state index in [2.05, 4.69) is 10.3 Å². The highest BCUT2D eigenvalue weighted by Crippen LogP contribution is 2.11. The van der Waals surface area contributed by atoms with E-state index in [4.69, 9.17) is 11.5 Å². The van der Waals surface area contributed by atoms with Gasteiger partial charge in [-0.25, -0.2) is 4.68 Å². The lowest BCUT2D eigenvalue weighted by atomic mass is 10.2. The number of hydrogen-bond donors (Lipinski definition) is 2. The number of anilines is 2. The summed E-state index contributed by atoms with van der Waals surface area (Å²) in [4.78, 5) is 0. The molecule has 0 aliphatic carbocycles. The molecule has 0 aliphatic heterocycles. The van der Waals surface area contributed by atoms with E-state index < -0.39 is 0 Å². The predicted molar refractivity (Wildman–Crippen MR) is 54.4 cm³/mol. The minimum absolute atomic E-state index is 0.279. The molecular formula is C9H11N5. The molecule has 2 rings (SSSR count). The van der Waals surface area contributed by atoms with E-state index in [1.165, 1.54) is 0 Å². The number of rotatable bonds is 2. The van der Waals surface area contributed by atoms with E-state index in [1.807, 2.05) is 30.3 Å². The Labute approximate surface area is 81.3 Å². The summed E-state index contributed by atoms with van der Waals surface area (Å²) >= 11 is 0. The van der Waals surface area contributed by atoms with Crippen LogP contribution in [-0.2, 0) is 6.54 Å². The normalized spacial score (nSPS) is 10.3. The molecule has 0 atom stereocenters. The van der Waals surface area contributed by atoms with Gasteiger partial charge in [0.15, 0.2) is 11.6 Å². The number of nitrogen functional groups attached to an aromatic ring is 2. The number of aromatic nitrogens is 3. The molecule has 0 amide bonds. The molecule has 0 radical (unpaired) electrons. The largest absolute Gasteiger partial charge is 0.381 e. The molecule has 5 nitrogen and oxygen atoms in total. The monoisotopic (exact) mass is 189 g/mol. The summed E-state index contributed by atoms with van der Waals surface area (Å²) in [5.41, 5.74) is 12.3. The van der Waals surface area contributed by atoms with E-state index in [9.17, 15) is 0 Å². The highest BCUT2D eigenvalue weighted by molar-refractivity contribution is 5.51. The molecule has 4 N–H and O–H groups in total. The molecule has 1 heterocycles. The Balaban J connectivity index is 2.23. The van der Waals surface area contributed by atoms with Crippen LogP contribution < -0.4 is 11.5 Å². The Morgan fingerprint density at radius 3 is 2.43 bits per heavy atom. The highest BCUT2D eigenvalue weighted by atomic mass is 15.5. The number of hydrogen-bond acceptors (Lipinski definition) is 4. The maximum atomic E-state index is 5.66. The summed E-state index contributed by atoms with van der Waals surface area (Å²) in [5, 5.41) is 7.51. The lowest BCUT2D eigenvalue weighted by Gasteiger charge is -2.02. The Morgan fingerprint density at radius 1 is 1.14 bits per heavy atom. The SMILES string of the molecule is Nc1nnn(Cc2ccccc2)c1N. The molecule has 0 saturated heterocycles. The van der Waals surface area contributed by atoms with Gasteiger partial charge in [-0.05, 0) is 5.56 Å². The van der Waals surface area contributed by atoms with Crippen molar-refractivity contribution >= 4 is 11.6 Å². The van der Waals surface area contributed by atoms with Crippen molar-refractivity contribution in [2.24, 2.45) is 0 Å². The van der Waals surface area contributed by atoms with Gasteiger partial charge in [-0.15, -0.1) is 5.10 Å². The third kappa shape index (κ3) is 1.52. The van der Waals surface area contributed by atoms with Crippen LogP contribution in [0.3, 0.4) is 0 Å². The van der Waals surface area contributed by atoms with Gasteiger partial charge in [0.25, 0.3) is 0 Å². The molecule has 72 valence electrons. The maximum absolute atomic E-state index is 5.66. The molecule has 1 aromatic heterocycles. The van der Waals surface area contributed by atoms with Crippen molar-refractivity contribution in [3.63, 3.8) is 0 Å². The van der Waals surface area contributed by atoms with Crippen LogP contribution in [-0.4, -0.2) is 15.0 Å². The van der Waals surface area contributed by atoms with Crippen molar-refractivity contribution in [2.45, 2.75) is 6.54 Å². The second-order valence-corrected chi connectivity index (χ2v) is 3.00. The topological polar surface area (TPSA) is 82.8 Å². The van der Waals surface area contributed by atoms with Crippen LogP contribution >= 0.6 is 0 Å². The first-order valence-electron chi connectivity index (χ1n) is 4.26. The van der Waals surface area contributed by atoms with Gasteiger partial charge >= 0.3 is 0 Å². The van der Waals surface area contributed by atoms with Gasteiger partial charge < -0.3 is 11.5 Å². The van der Waals surface area contributed by atoms with Crippen LogP contribution in [0.5, 0.6) is 0 Å². The van der Waals surface area contributed by atoms with Gasteiger partial charge in [0, 0.05) is 0 Å². The van der Waals surface area contributed by atoms with Crippen LogP contribution in [0, 0.1) is 0 Å². The van der Waals surface area contributed by atoms with Gasteiger partial charge in [0.1, 0.15) is 0 Å². The predicted octanol–water partition coefficient (Wildman–Crippen LogP) is 0.491. The van der Waals surface area contributed by atoms with Crippen LogP contribution in [0.15, 0.2) is 30.3 Å². The van der Waals surface area contributed by atoms with Crippen LogP contribution in [0.4, 0.5) is 11.6 Å². The lowest BCUT2D eigenvalue weighted by molar-refractivity contribution is 0.658. The number of nitrogens with zero attached hydrogens (tertiary/aromatic N) is 3. The van der Waals surface area contributed by atoms with E-state index in [-0.39, 0.29) is 5.82 Å². The second kappa shape index (κ2) is 3.37. The van der Waals surface area contributed by atoms with E-state index >= 15 is 0 Å². The molecule has 0 fully saturated rings. The zero-order valence-corrected chi connectivity index (χ0v) is 7.59. The summed E-state index contributed by atoms with van der Waals surface area (Å²) in [7, 11) is 0. The molecule has 1 aromatic carbocycles. The van der Waals surface area contributed by atoms with E-state index in [1.54, 1.807) is 4.68 Å². The Bertz CT molecular complexity index is 420. The van der Waals surface area contributed by atoms with Crippen molar-refractivity contribution in [3.05, 3.63) is 35.9 Å². The standard InChI is InChI=1S/C9H11N5/c10-8-9(11)14(13-12-8)6-7-4-2-1-3-5-7/h1-5H,6,10-11H2. The average Bonchev–Trinajstić information content (AvgIpc) is 2.52. The van der Waals surface area contributed by atoms with Gasteiger partial charge in [0.2, 0.25) is 0 Å². The summed E-state index contributed by atoms with van der Waals surface area (Å²) in [6, 6.07) is 9.88. The molecule has 0 aliphatic rings. The first-order chi connectivity index (χ1) is 6.77. The molecule has 14 heavy (non-hydrogen) atoms. The van der Waals surface area contributed by atoms with E-state index in [0.717, 1.165) is 5.56 Å². The molecular weight excluding hydrogens is 178 g/mol. The average molecular weight is 189 g/mol. The number of nitrogens with two attached hydrogens (primary N) is 2. The summed E-state index contributed by atoms with van der Waals surface area (Å²) in [6.07, 6.45) is 0. The first-order valence-corrected chi connectivity index (χ1v) is 4.26. The minimum atomic E-state index is 0.279. The van der Waals surface area contributed by atoms with Crippen LogP contribution in [0.2, 0.25) is 0 Å². The smallest absolute Gasteiger partial charge is 0.190 e. The van der Waals surface area contributed by atoms with Crippen LogP contribution in [0.25, 0.3) is 0 Å². The summed E-state index contributed by atoms with van der Waals surface area (Å²) in [5.74, 6) is 0.690. The molecule has 0 spiro atoms. The van der Waals surface area contributed by atoms with Crippen molar-refractivity contribution < 1.29 is 0 Å². The van der Waals surface area contributed by atoms with Crippen molar-refractivity contribution in [2.75, 3.05) is 11.5 Å². The van der Waals surface area contributed by atoms with Crippen molar-refractivity contribution in [3.8, 4) is 0 Å². The maximum Gasteiger partial charge on any atom is 0.190 e. The zero-order valence-electron chi connectivity index (χ0n) is 7.59. The first kappa shape index (κ1) is 8.55. The van der Waals surface area contributed by atoms with Gasteiger partial charge in [0.05, 0.1) is 6.54 Å². The highest BCUT2D eigenvalue weighted by Gasteiger charge is 2.05.